The lowest BCUT2D eigenvalue weighted by molar-refractivity contribution is -0.141. The van der Waals surface area contributed by atoms with Gasteiger partial charge in [-0.2, -0.15) is 18.2 Å². The SMILES string of the molecule is CCc1cc2c(N3CCc4c(nc(-c5ccoc5)nc4C(F)(F)F)C3)nc(Cl)nc2s1. The van der Waals surface area contributed by atoms with Crippen LogP contribution in [0.1, 0.15) is 28.8 Å². The summed E-state index contributed by atoms with van der Waals surface area (Å²) >= 11 is 7.68. The van der Waals surface area contributed by atoms with E-state index in [1.165, 1.54) is 29.9 Å². The number of aromatic nitrogens is 4. The fourth-order valence-electron chi connectivity index (χ4n) is 3.71. The zero-order chi connectivity index (χ0) is 21.8. The van der Waals surface area contributed by atoms with Gasteiger partial charge >= 0.3 is 6.18 Å². The summed E-state index contributed by atoms with van der Waals surface area (Å²) in [5, 5.41) is 0.949. The maximum Gasteiger partial charge on any atom is 0.433 e. The third-order valence-electron chi connectivity index (χ3n) is 5.16. The number of hydrogen-bond donors (Lipinski definition) is 0. The molecule has 0 aromatic carbocycles. The molecule has 0 aliphatic carbocycles. The quantitative estimate of drug-likeness (QED) is 0.370. The standard InChI is InChI=1S/C20H15ClF3N5OS/c1-2-11-7-13-17(27-19(21)28-18(13)31-11)29-5-3-12-14(8-29)25-16(10-4-6-30-9-10)26-15(12)20(22,23)24/h4,6-7,9H,2-3,5,8H2,1H3. The van der Waals surface area contributed by atoms with E-state index >= 15 is 0 Å². The Morgan fingerprint density at radius 1 is 1.23 bits per heavy atom. The molecule has 11 heteroatoms. The molecule has 160 valence electrons. The second kappa shape index (κ2) is 7.45. The lowest BCUT2D eigenvalue weighted by atomic mass is 10.0. The second-order valence-electron chi connectivity index (χ2n) is 7.10. The van der Waals surface area contributed by atoms with Crippen molar-refractivity contribution >= 4 is 39.0 Å². The van der Waals surface area contributed by atoms with Gasteiger partial charge in [-0.1, -0.05) is 6.92 Å². The first-order chi connectivity index (χ1) is 14.8. The Bertz CT molecular complexity index is 1270. The first-order valence-electron chi connectivity index (χ1n) is 9.54. The number of halogens is 4. The summed E-state index contributed by atoms with van der Waals surface area (Å²) < 4.78 is 46.3. The molecule has 6 nitrogen and oxygen atoms in total. The summed E-state index contributed by atoms with van der Waals surface area (Å²) in [6.07, 6.45) is -0.892. The molecule has 0 spiro atoms. The van der Waals surface area contributed by atoms with Crippen LogP contribution >= 0.6 is 22.9 Å². The highest BCUT2D eigenvalue weighted by Crippen LogP contribution is 2.38. The van der Waals surface area contributed by atoms with E-state index in [0.717, 1.165) is 21.5 Å². The van der Waals surface area contributed by atoms with Crippen molar-refractivity contribution in [2.45, 2.75) is 32.5 Å². The summed E-state index contributed by atoms with van der Waals surface area (Å²) in [4.78, 5) is 20.7. The highest BCUT2D eigenvalue weighted by atomic mass is 35.5. The molecule has 0 saturated carbocycles. The Labute approximate surface area is 183 Å². The summed E-state index contributed by atoms with van der Waals surface area (Å²) in [5.41, 5.74) is -0.0723. The van der Waals surface area contributed by atoms with Crippen molar-refractivity contribution in [1.82, 2.24) is 19.9 Å². The maximum atomic E-state index is 13.8. The van der Waals surface area contributed by atoms with Crippen molar-refractivity contribution in [2.75, 3.05) is 11.4 Å². The minimum atomic E-state index is -4.58. The van der Waals surface area contributed by atoms with Crippen molar-refractivity contribution < 1.29 is 17.6 Å². The highest BCUT2D eigenvalue weighted by Gasteiger charge is 2.39. The van der Waals surface area contributed by atoms with Gasteiger partial charge in [0.25, 0.3) is 0 Å². The molecule has 0 N–H and O–H groups in total. The van der Waals surface area contributed by atoms with E-state index in [1.807, 2.05) is 17.9 Å². The molecule has 0 atom stereocenters. The van der Waals surface area contributed by atoms with Gasteiger partial charge in [0.2, 0.25) is 5.28 Å². The number of thiophene rings is 1. The van der Waals surface area contributed by atoms with Crippen LogP contribution in [0, 0.1) is 0 Å². The number of hydrogen-bond acceptors (Lipinski definition) is 7. The molecule has 1 aliphatic rings. The Hall–Kier alpha value is -2.72. The van der Waals surface area contributed by atoms with Crippen LogP contribution in [0.5, 0.6) is 0 Å². The molecule has 0 radical (unpaired) electrons. The molecule has 1 aliphatic heterocycles. The predicted octanol–water partition coefficient (Wildman–Crippen LogP) is 5.54. The van der Waals surface area contributed by atoms with Crippen LogP contribution in [0.4, 0.5) is 19.0 Å². The van der Waals surface area contributed by atoms with E-state index < -0.39 is 11.9 Å². The second-order valence-corrected chi connectivity index (χ2v) is 8.56. The highest BCUT2D eigenvalue weighted by molar-refractivity contribution is 7.18. The van der Waals surface area contributed by atoms with Crippen LogP contribution in [0.3, 0.4) is 0 Å². The zero-order valence-corrected chi connectivity index (χ0v) is 17.8. The van der Waals surface area contributed by atoms with Crippen LogP contribution in [-0.2, 0) is 25.6 Å². The van der Waals surface area contributed by atoms with E-state index in [9.17, 15) is 13.2 Å². The van der Waals surface area contributed by atoms with Gasteiger partial charge in [-0.25, -0.2) is 15.0 Å². The average Bonchev–Trinajstić information content (AvgIpc) is 3.41. The molecular weight excluding hydrogens is 451 g/mol. The molecule has 0 saturated heterocycles. The molecule has 4 aromatic heterocycles. The number of rotatable bonds is 3. The Balaban J connectivity index is 1.62. The van der Waals surface area contributed by atoms with Crippen LogP contribution in [0.25, 0.3) is 21.6 Å². The van der Waals surface area contributed by atoms with Crippen LogP contribution in [0.15, 0.2) is 29.1 Å². The number of aryl methyl sites for hydroxylation is 1. The summed E-state index contributed by atoms with van der Waals surface area (Å²) in [7, 11) is 0. The van der Waals surface area contributed by atoms with E-state index in [0.29, 0.717) is 23.6 Å². The molecule has 5 heterocycles. The number of furan rings is 1. The van der Waals surface area contributed by atoms with Crippen molar-refractivity contribution in [1.29, 1.82) is 0 Å². The molecule has 0 bridgehead atoms. The van der Waals surface area contributed by atoms with Gasteiger partial charge < -0.3 is 9.32 Å². The van der Waals surface area contributed by atoms with Gasteiger partial charge in [0, 0.05) is 17.0 Å². The third-order valence-corrected chi connectivity index (χ3v) is 6.50. The van der Waals surface area contributed by atoms with E-state index in [2.05, 4.69) is 19.9 Å². The largest absolute Gasteiger partial charge is 0.472 e. The Morgan fingerprint density at radius 2 is 2.06 bits per heavy atom. The first-order valence-corrected chi connectivity index (χ1v) is 10.7. The lowest BCUT2D eigenvalue weighted by Crippen LogP contribution is -2.34. The van der Waals surface area contributed by atoms with E-state index in [4.69, 9.17) is 16.0 Å². The molecule has 0 amide bonds. The fraction of sp³-hybridized carbons (Fsp3) is 0.300. The zero-order valence-electron chi connectivity index (χ0n) is 16.2. The van der Waals surface area contributed by atoms with Gasteiger partial charge in [0.15, 0.2) is 11.5 Å². The average molecular weight is 466 g/mol. The van der Waals surface area contributed by atoms with Gasteiger partial charge in [0.1, 0.15) is 16.9 Å². The number of anilines is 1. The van der Waals surface area contributed by atoms with Crippen LogP contribution in [-0.4, -0.2) is 26.5 Å². The van der Waals surface area contributed by atoms with Gasteiger partial charge in [-0.05, 0) is 36.6 Å². The van der Waals surface area contributed by atoms with Gasteiger partial charge in [-0.3, -0.25) is 0 Å². The van der Waals surface area contributed by atoms with Crippen LogP contribution < -0.4 is 4.90 Å². The molecule has 0 fully saturated rings. The van der Waals surface area contributed by atoms with Gasteiger partial charge in [-0.15, -0.1) is 11.3 Å². The third kappa shape index (κ3) is 3.63. The minimum absolute atomic E-state index is 0.0173. The van der Waals surface area contributed by atoms with Crippen molar-refractivity contribution in [3.8, 4) is 11.4 Å². The van der Waals surface area contributed by atoms with Gasteiger partial charge in [0.05, 0.1) is 29.5 Å². The molecule has 31 heavy (non-hydrogen) atoms. The van der Waals surface area contributed by atoms with Crippen LogP contribution in [0.2, 0.25) is 5.28 Å². The summed E-state index contributed by atoms with van der Waals surface area (Å²) in [5.74, 6) is 0.588. The van der Waals surface area contributed by atoms with Crippen molar-refractivity contribution in [3.63, 3.8) is 0 Å². The molecule has 5 rings (SSSR count). The fourth-order valence-corrected chi connectivity index (χ4v) is 4.89. The molecular formula is C20H15ClF3N5OS. The molecule has 4 aromatic rings. The smallest absolute Gasteiger partial charge is 0.433 e. The number of alkyl halides is 3. The summed E-state index contributed by atoms with van der Waals surface area (Å²) in [6, 6.07) is 3.55. The molecule has 0 unspecified atom stereocenters. The topological polar surface area (TPSA) is 67.9 Å². The predicted molar refractivity (Wildman–Crippen MR) is 111 cm³/mol. The number of fused-ring (bicyclic) bond motifs is 2. The van der Waals surface area contributed by atoms with Crippen molar-refractivity contribution in [3.05, 3.63) is 51.8 Å². The summed E-state index contributed by atoms with van der Waals surface area (Å²) in [6.45, 7) is 2.54. The first kappa shape index (κ1) is 20.2. The Kier molecular flexibility index (Phi) is 4.86. The maximum absolute atomic E-state index is 13.8. The lowest BCUT2D eigenvalue weighted by Gasteiger charge is -2.31. The monoisotopic (exact) mass is 465 g/mol. The minimum Gasteiger partial charge on any atom is -0.472 e. The van der Waals surface area contributed by atoms with E-state index in [1.54, 1.807) is 0 Å². The van der Waals surface area contributed by atoms with E-state index in [-0.39, 0.29) is 29.6 Å². The Morgan fingerprint density at radius 3 is 2.77 bits per heavy atom. The number of nitrogens with zero attached hydrogens (tertiary/aromatic N) is 5. The normalized spacial score (nSPS) is 14.3. The van der Waals surface area contributed by atoms with Crippen molar-refractivity contribution in [2.24, 2.45) is 0 Å².